The highest BCUT2D eigenvalue weighted by Gasteiger charge is 2.10. The van der Waals surface area contributed by atoms with E-state index in [4.69, 9.17) is 15.2 Å². The summed E-state index contributed by atoms with van der Waals surface area (Å²) in [5.41, 5.74) is 7.72. The number of ether oxygens (including phenoxy) is 2. The van der Waals surface area contributed by atoms with Gasteiger partial charge >= 0.3 is 0 Å². The second kappa shape index (κ2) is 8.04. The molecule has 1 aliphatic rings. The molecule has 7 nitrogen and oxygen atoms in total. The highest BCUT2D eigenvalue weighted by molar-refractivity contribution is 14.0. The number of fused-ring (bicyclic) bond motifs is 1. The molecule has 0 radical (unpaired) electrons. The second-order valence-electron chi connectivity index (χ2n) is 5.03. The van der Waals surface area contributed by atoms with Crippen LogP contribution < -0.4 is 20.5 Å². The van der Waals surface area contributed by atoms with Crippen LogP contribution >= 0.6 is 24.0 Å². The maximum atomic E-state index is 5.92. The third-order valence-electron chi connectivity index (χ3n) is 3.35. The highest BCUT2D eigenvalue weighted by atomic mass is 127. The monoisotopic (exact) mass is 429 g/mol. The van der Waals surface area contributed by atoms with E-state index in [9.17, 15) is 0 Å². The van der Waals surface area contributed by atoms with E-state index < -0.39 is 0 Å². The van der Waals surface area contributed by atoms with Crippen LogP contribution in [0.3, 0.4) is 0 Å². The number of nitrogens with two attached hydrogens (primary N) is 1. The summed E-state index contributed by atoms with van der Waals surface area (Å²) in [6, 6.07) is 5.63. The summed E-state index contributed by atoms with van der Waals surface area (Å²) in [4.78, 5) is 8.35. The van der Waals surface area contributed by atoms with Gasteiger partial charge in [0, 0.05) is 25.2 Å². The third-order valence-corrected chi connectivity index (χ3v) is 3.35. The number of nitrogens with one attached hydrogen (secondary N) is 1. The fourth-order valence-corrected chi connectivity index (χ4v) is 2.13. The second-order valence-corrected chi connectivity index (χ2v) is 5.03. The fraction of sp³-hybridized carbons (Fsp3) is 0.333. The fourth-order valence-electron chi connectivity index (χ4n) is 2.13. The predicted molar refractivity (Wildman–Crippen MR) is 99.6 cm³/mol. The quantitative estimate of drug-likeness (QED) is 0.444. The lowest BCUT2D eigenvalue weighted by molar-refractivity contribution is 0.297. The molecule has 3 rings (SSSR count). The number of benzene rings is 1. The van der Waals surface area contributed by atoms with E-state index in [0.717, 1.165) is 29.3 Å². The minimum absolute atomic E-state index is 0. The molecule has 8 heteroatoms. The lowest BCUT2D eigenvalue weighted by Gasteiger charge is -2.10. The normalized spacial score (nSPS) is 13.9. The molecule has 0 fully saturated rings. The van der Waals surface area contributed by atoms with Crippen molar-refractivity contribution in [2.45, 2.75) is 13.0 Å². The van der Waals surface area contributed by atoms with E-state index in [2.05, 4.69) is 15.3 Å². The topological polar surface area (TPSA) is 86.7 Å². The van der Waals surface area contributed by atoms with Gasteiger partial charge in [0.05, 0.1) is 38.0 Å². The Hall–Kier alpha value is -1.97. The van der Waals surface area contributed by atoms with Gasteiger partial charge < -0.3 is 25.1 Å². The van der Waals surface area contributed by atoms with Crippen molar-refractivity contribution < 1.29 is 9.47 Å². The Labute approximate surface area is 151 Å². The molecule has 0 saturated heterocycles. The molecule has 0 saturated carbocycles. The summed E-state index contributed by atoms with van der Waals surface area (Å²) in [6.07, 6.45) is 4.38. The van der Waals surface area contributed by atoms with Gasteiger partial charge in [0.2, 0.25) is 0 Å². The first kappa shape index (κ1) is 17.4. The SMILES string of the molecule is Cn1cncc1CN=C(N)Nc1ccc2c(c1)OCCCO2.I. The van der Waals surface area contributed by atoms with Crippen LogP contribution in [0.5, 0.6) is 11.5 Å². The summed E-state index contributed by atoms with van der Waals surface area (Å²) in [6.45, 7) is 1.80. The van der Waals surface area contributed by atoms with Crippen molar-refractivity contribution in [3.63, 3.8) is 0 Å². The molecule has 1 aromatic carbocycles. The molecule has 2 aromatic rings. The van der Waals surface area contributed by atoms with Crippen molar-refractivity contribution >= 4 is 35.6 Å². The van der Waals surface area contributed by atoms with Gasteiger partial charge in [-0.2, -0.15) is 0 Å². The van der Waals surface area contributed by atoms with Crippen molar-refractivity contribution in [2.24, 2.45) is 17.8 Å². The first-order chi connectivity index (χ1) is 10.7. The maximum absolute atomic E-state index is 5.92. The van der Waals surface area contributed by atoms with Crippen LogP contribution in [0.15, 0.2) is 35.7 Å². The van der Waals surface area contributed by atoms with E-state index in [1.165, 1.54) is 0 Å². The molecular weight excluding hydrogens is 409 g/mol. The van der Waals surface area contributed by atoms with Crippen molar-refractivity contribution in [2.75, 3.05) is 18.5 Å². The maximum Gasteiger partial charge on any atom is 0.193 e. The molecule has 0 spiro atoms. The van der Waals surface area contributed by atoms with Crippen LogP contribution in [0.1, 0.15) is 12.1 Å². The van der Waals surface area contributed by atoms with Crippen molar-refractivity contribution in [1.82, 2.24) is 9.55 Å². The summed E-state index contributed by atoms with van der Waals surface area (Å²) in [7, 11) is 1.92. The number of guanidine groups is 1. The lowest BCUT2D eigenvalue weighted by atomic mass is 10.3. The number of aryl methyl sites for hydroxylation is 1. The summed E-state index contributed by atoms with van der Waals surface area (Å²) >= 11 is 0. The molecule has 124 valence electrons. The molecule has 0 bridgehead atoms. The van der Waals surface area contributed by atoms with Crippen LogP contribution in [-0.4, -0.2) is 28.7 Å². The van der Waals surface area contributed by atoms with Crippen LogP contribution in [-0.2, 0) is 13.6 Å². The van der Waals surface area contributed by atoms with Crippen LogP contribution in [0.25, 0.3) is 0 Å². The Morgan fingerprint density at radius 3 is 2.87 bits per heavy atom. The minimum Gasteiger partial charge on any atom is -0.490 e. The first-order valence-corrected chi connectivity index (χ1v) is 7.14. The average Bonchev–Trinajstić information content (AvgIpc) is 2.78. The smallest absolute Gasteiger partial charge is 0.193 e. The molecule has 1 aliphatic heterocycles. The van der Waals surface area contributed by atoms with Crippen LogP contribution in [0.2, 0.25) is 0 Å². The summed E-state index contributed by atoms with van der Waals surface area (Å²) < 4.78 is 13.1. The Balaban J connectivity index is 0.00000192. The molecule has 0 aliphatic carbocycles. The zero-order valence-corrected chi connectivity index (χ0v) is 15.2. The molecule has 0 amide bonds. The van der Waals surface area contributed by atoms with Gasteiger partial charge in [-0.15, -0.1) is 24.0 Å². The lowest BCUT2D eigenvalue weighted by Crippen LogP contribution is -2.22. The van der Waals surface area contributed by atoms with Crippen molar-refractivity contribution in [1.29, 1.82) is 0 Å². The van der Waals surface area contributed by atoms with Gasteiger partial charge in [0.25, 0.3) is 0 Å². The number of aromatic nitrogens is 2. The Morgan fingerprint density at radius 2 is 2.13 bits per heavy atom. The number of imidazole rings is 1. The van der Waals surface area contributed by atoms with E-state index in [-0.39, 0.29) is 24.0 Å². The Bertz CT molecular complexity index is 686. The number of halogens is 1. The highest BCUT2D eigenvalue weighted by Crippen LogP contribution is 2.32. The zero-order valence-electron chi connectivity index (χ0n) is 12.9. The number of rotatable bonds is 3. The largest absolute Gasteiger partial charge is 0.490 e. The van der Waals surface area contributed by atoms with E-state index >= 15 is 0 Å². The number of hydrogen-bond acceptors (Lipinski definition) is 4. The van der Waals surface area contributed by atoms with Gasteiger partial charge in [-0.05, 0) is 12.1 Å². The number of hydrogen-bond donors (Lipinski definition) is 2. The number of aliphatic imine (C=N–C) groups is 1. The van der Waals surface area contributed by atoms with E-state index in [0.29, 0.717) is 25.7 Å². The first-order valence-electron chi connectivity index (χ1n) is 7.14. The molecule has 0 unspecified atom stereocenters. The van der Waals surface area contributed by atoms with Gasteiger partial charge in [0.1, 0.15) is 0 Å². The average molecular weight is 429 g/mol. The van der Waals surface area contributed by atoms with Crippen molar-refractivity contribution in [3.8, 4) is 11.5 Å². The summed E-state index contributed by atoms with van der Waals surface area (Å²) in [5, 5.41) is 3.06. The predicted octanol–water partition coefficient (Wildman–Crippen LogP) is 2.13. The van der Waals surface area contributed by atoms with Crippen LogP contribution in [0, 0.1) is 0 Å². The standard InChI is InChI=1S/C15H19N5O2.HI/c1-20-10-17-8-12(20)9-18-15(16)19-11-3-4-13-14(7-11)22-6-2-5-21-13;/h3-4,7-8,10H,2,5-6,9H2,1H3,(H3,16,18,19);1H. The molecule has 2 heterocycles. The molecule has 3 N–H and O–H groups in total. The third kappa shape index (κ3) is 4.50. The molecule has 23 heavy (non-hydrogen) atoms. The van der Waals surface area contributed by atoms with Gasteiger partial charge in [-0.3, -0.25) is 0 Å². The molecule has 1 aromatic heterocycles. The van der Waals surface area contributed by atoms with E-state index in [1.807, 2.05) is 29.8 Å². The number of nitrogens with zero attached hydrogens (tertiary/aromatic N) is 3. The zero-order chi connectivity index (χ0) is 15.4. The van der Waals surface area contributed by atoms with Crippen LogP contribution in [0.4, 0.5) is 5.69 Å². The van der Waals surface area contributed by atoms with Gasteiger partial charge in [0.15, 0.2) is 17.5 Å². The van der Waals surface area contributed by atoms with E-state index in [1.54, 1.807) is 12.5 Å². The minimum atomic E-state index is 0. The Morgan fingerprint density at radius 1 is 1.35 bits per heavy atom. The van der Waals surface area contributed by atoms with Crippen molar-refractivity contribution in [3.05, 3.63) is 36.4 Å². The molecule has 0 atom stereocenters. The van der Waals surface area contributed by atoms with Gasteiger partial charge in [-0.25, -0.2) is 9.98 Å². The van der Waals surface area contributed by atoms with Gasteiger partial charge in [-0.1, -0.05) is 0 Å². The summed E-state index contributed by atoms with van der Waals surface area (Å²) in [5.74, 6) is 1.83. The number of anilines is 1. The molecular formula is C15H20IN5O2. The Kier molecular flexibility index (Phi) is 6.08.